The summed E-state index contributed by atoms with van der Waals surface area (Å²) in [6.07, 6.45) is -0.213. The van der Waals surface area contributed by atoms with E-state index in [2.05, 4.69) is 10.3 Å². The highest BCUT2D eigenvalue weighted by molar-refractivity contribution is 5.47. The molecule has 5 aromatic rings. The highest BCUT2D eigenvalue weighted by Crippen LogP contribution is 2.41. The largest absolute Gasteiger partial charge is 0.390 e. The number of ether oxygens (including phenoxy) is 2. The number of hydrogen-bond donors (Lipinski definition) is 2. The van der Waals surface area contributed by atoms with E-state index in [4.69, 9.17) is 9.47 Å². The third-order valence-corrected chi connectivity index (χ3v) is 7.67. The van der Waals surface area contributed by atoms with Crippen LogP contribution in [0.4, 0.5) is 5.82 Å². The van der Waals surface area contributed by atoms with E-state index >= 15 is 0 Å². The number of benzene rings is 4. The zero-order valence-electron chi connectivity index (χ0n) is 23.1. The van der Waals surface area contributed by atoms with Crippen molar-refractivity contribution in [3.05, 3.63) is 166 Å². The molecule has 1 fully saturated rings. The van der Waals surface area contributed by atoms with Gasteiger partial charge in [0, 0.05) is 19.2 Å². The highest BCUT2D eigenvalue weighted by atomic mass is 16.6. The molecule has 3 atom stereocenters. The smallest absolute Gasteiger partial charge is 0.351 e. The van der Waals surface area contributed by atoms with Crippen LogP contribution in [-0.2, 0) is 21.6 Å². The van der Waals surface area contributed by atoms with Crippen LogP contribution in [0, 0.1) is 0 Å². The number of nitrogens with zero attached hydrogens (tertiary/aromatic N) is 2. The molecule has 42 heavy (non-hydrogen) atoms. The summed E-state index contributed by atoms with van der Waals surface area (Å²) >= 11 is 0. The van der Waals surface area contributed by atoms with Crippen molar-refractivity contribution in [3.63, 3.8) is 0 Å². The number of hydrogen-bond acceptors (Lipinski definition) is 6. The van der Waals surface area contributed by atoms with E-state index in [1.807, 2.05) is 121 Å². The van der Waals surface area contributed by atoms with Crippen LogP contribution in [-0.4, -0.2) is 33.5 Å². The van der Waals surface area contributed by atoms with Crippen LogP contribution in [0.3, 0.4) is 0 Å². The van der Waals surface area contributed by atoms with Crippen molar-refractivity contribution >= 4 is 5.82 Å². The fourth-order valence-electron chi connectivity index (χ4n) is 5.53. The van der Waals surface area contributed by atoms with Gasteiger partial charge in [0.25, 0.3) is 0 Å². The van der Waals surface area contributed by atoms with Crippen LogP contribution < -0.4 is 11.0 Å². The van der Waals surface area contributed by atoms with Crippen molar-refractivity contribution < 1.29 is 14.6 Å². The van der Waals surface area contributed by atoms with E-state index in [1.54, 1.807) is 12.3 Å². The molecule has 7 heteroatoms. The average molecular weight is 560 g/mol. The Labute approximate surface area is 245 Å². The maximum atomic E-state index is 12.9. The van der Waals surface area contributed by atoms with Crippen LogP contribution in [0.5, 0.6) is 0 Å². The number of nitrogens with one attached hydrogen (secondary N) is 1. The minimum atomic E-state index is -0.935. The Morgan fingerprint density at radius 3 is 1.86 bits per heavy atom. The molecule has 0 aliphatic carbocycles. The zero-order chi connectivity index (χ0) is 28.8. The zero-order valence-corrected chi connectivity index (χ0v) is 23.1. The summed E-state index contributed by atoms with van der Waals surface area (Å²) in [7, 11) is 0. The monoisotopic (exact) mass is 559 g/mol. The van der Waals surface area contributed by atoms with E-state index in [0.29, 0.717) is 12.4 Å². The van der Waals surface area contributed by atoms with Crippen molar-refractivity contribution in [3.8, 4) is 0 Å². The minimum absolute atomic E-state index is 0.106. The lowest BCUT2D eigenvalue weighted by atomic mass is 9.80. The minimum Gasteiger partial charge on any atom is -0.390 e. The molecule has 2 heterocycles. The number of rotatable bonds is 10. The lowest BCUT2D eigenvalue weighted by molar-refractivity contribution is -0.0943. The van der Waals surface area contributed by atoms with Gasteiger partial charge in [-0.1, -0.05) is 121 Å². The Balaban J connectivity index is 1.22. The third-order valence-electron chi connectivity index (χ3n) is 7.67. The van der Waals surface area contributed by atoms with Gasteiger partial charge in [-0.3, -0.25) is 4.57 Å². The molecular weight excluding hydrogens is 526 g/mol. The van der Waals surface area contributed by atoms with Gasteiger partial charge in [0.15, 0.2) is 0 Å². The van der Waals surface area contributed by atoms with Crippen molar-refractivity contribution in [1.29, 1.82) is 0 Å². The van der Waals surface area contributed by atoms with E-state index < -0.39 is 29.7 Å². The Bertz CT molecular complexity index is 1530. The van der Waals surface area contributed by atoms with E-state index in [0.717, 1.165) is 22.3 Å². The molecule has 0 radical (unpaired) electrons. The van der Waals surface area contributed by atoms with Gasteiger partial charge >= 0.3 is 5.69 Å². The predicted molar refractivity (Wildman–Crippen MR) is 162 cm³/mol. The molecule has 0 spiro atoms. The SMILES string of the molecule is O=c1nc(NCc2ccccc2)ccn1[C@H]1C[C@H](O)[C@@H](COC(c2ccccc2)(c2ccccc2)c2ccccc2)O1. The molecule has 6 rings (SSSR count). The molecule has 1 aliphatic rings. The molecule has 0 saturated carbocycles. The fraction of sp³-hybridized carbons (Fsp3) is 0.200. The lowest BCUT2D eigenvalue weighted by Gasteiger charge is -2.37. The molecular formula is C35H33N3O4. The summed E-state index contributed by atoms with van der Waals surface area (Å²) in [5, 5.41) is 14.2. The molecule has 0 unspecified atom stereocenters. The summed E-state index contributed by atoms with van der Waals surface area (Å²) in [5.41, 5.74) is 2.60. The third kappa shape index (κ3) is 5.76. The predicted octanol–water partition coefficient (Wildman–Crippen LogP) is 5.51. The van der Waals surface area contributed by atoms with Crippen molar-refractivity contribution in [2.24, 2.45) is 0 Å². The second-order valence-corrected chi connectivity index (χ2v) is 10.4. The average Bonchev–Trinajstić information content (AvgIpc) is 3.42. The van der Waals surface area contributed by atoms with Gasteiger partial charge in [-0.05, 0) is 28.3 Å². The first-order valence-electron chi connectivity index (χ1n) is 14.1. The Kier molecular flexibility index (Phi) is 8.23. The number of aliphatic hydroxyl groups excluding tert-OH is 1. The van der Waals surface area contributed by atoms with Crippen LogP contribution in [0.25, 0.3) is 0 Å². The van der Waals surface area contributed by atoms with Crippen LogP contribution in [0.2, 0.25) is 0 Å². The molecule has 1 aliphatic heterocycles. The summed E-state index contributed by atoms with van der Waals surface area (Å²) in [6.45, 7) is 0.663. The van der Waals surface area contributed by atoms with E-state index in [9.17, 15) is 9.90 Å². The standard InChI is InChI=1S/C35H33N3O4/c39-30-23-33(38-22-21-32(37-34(38)40)36-24-26-13-5-1-6-14-26)42-31(30)25-41-35(27-15-7-2-8-16-27,28-17-9-3-10-18-28)29-19-11-4-12-20-29/h1-22,30-31,33,39H,23-25H2,(H,36,37,40)/t30-,31+,33+/m0/s1. The molecule has 0 bridgehead atoms. The first kappa shape index (κ1) is 27.6. The maximum absolute atomic E-state index is 12.9. The van der Waals surface area contributed by atoms with Crippen LogP contribution in [0.15, 0.2) is 138 Å². The summed E-state index contributed by atoms with van der Waals surface area (Å²) < 4.78 is 14.5. The summed E-state index contributed by atoms with van der Waals surface area (Å²) in [5.74, 6) is 0.483. The lowest BCUT2D eigenvalue weighted by Crippen LogP contribution is -2.38. The first-order chi connectivity index (χ1) is 20.6. The van der Waals surface area contributed by atoms with Gasteiger partial charge in [0.05, 0.1) is 12.7 Å². The normalized spacial score (nSPS) is 18.5. The molecule has 4 aromatic carbocycles. The van der Waals surface area contributed by atoms with Crippen molar-refractivity contribution in [2.45, 2.75) is 37.0 Å². The van der Waals surface area contributed by atoms with E-state index in [1.165, 1.54) is 4.57 Å². The van der Waals surface area contributed by atoms with Gasteiger partial charge in [-0.15, -0.1) is 0 Å². The van der Waals surface area contributed by atoms with Gasteiger partial charge in [-0.25, -0.2) is 4.79 Å². The Morgan fingerprint density at radius 1 is 0.810 bits per heavy atom. The second-order valence-electron chi connectivity index (χ2n) is 10.4. The van der Waals surface area contributed by atoms with Gasteiger partial charge in [-0.2, -0.15) is 4.98 Å². The van der Waals surface area contributed by atoms with Gasteiger partial charge in [0.2, 0.25) is 0 Å². The van der Waals surface area contributed by atoms with Crippen molar-refractivity contribution in [2.75, 3.05) is 11.9 Å². The molecule has 1 saturated heterocycles. The number of aromatic nitrogens is 2. The second kappa shape index (κ2) is 12.5. The quantitative estimate of drug-likeness (QED) is 0.220. The fourth-order valence-corrected chi connectivity index (χ4v) is 5.53. The Hall–Kier alpha value is -4.56. The van der Waals surface area contributed by atoms with Crippen molar-refractivity contribution in [1.82, 2.24) is 9.55 Å². The number of anilines is 1. The summed E-state index contributed by atoms with van der Waals surface area (Å²) in [4.78, 5) is 17.1. The Morgan fingerprint density at radius 2 is 1.33 bits per heavy atom. The maximum Gasteiger partial charge on any atom is 0.351 e. The van der Waals surface area contributed by atoms with Crippen LogP contribution in [0.1, 0.15) is 34.9 Å². The highest BCUT2D eigenvalue weighted by Gasteiger charge is 2.41. The van der Waals surface area contributed by atoms with Gasteiger partial charge < -0.3 is 19.9 Å². The topological polar surface area (TPSA) is 85.6 Å². The molecule has 0 amide bonds. The van der Waals surface area contributed by atoms with E-state index in [-0.39, 0.29) is 13.0 Å². The summed E-state index contributed by atoms with van der Waals surface area (Å²) in [6, 6.07) is 41.8. The first-order valence-corrected chi connectivity index (χ1v) is 14.1. The molecule has 2 N–H and O–H groups in total. The van der Waals surface area contributed by atoms with Gasteiger partial charge in [0.1, 0.15) is 23.8 Å². The van der Waals surface area contributed by atoms with Crippen LogP contribution >= 0.6 is 0 Å². The molecule has 7 nitrogen and oxygen atoms in total. The number of aliphatic hydroxyl groups is 1. The molecule has 212 valence electrons. The molecule has 1 aromatic heterocycles.